The summed E-state index contributed by atoms with van der Waals surface area (Å²) in [6.07, 6.45) is 1.12. The zero-order chi connectivity index (χ0) is 11.2. The molecule has 0 saturated heterocycles. The Hall–Kier alpha value is -0.620. The van der Waals surface area contributed by atoms with Crippen LogP contribution in [-0.4, -0.2) is 31.3 Å². The molecule has 0 aliphatic heterocycles. The fraction of sp³-hybridized carbons (Fsp3) is 0.875. The highest BCUT2D eigenvalue weighted by Crippen LogP contribution is 2.01. The molecule has 0 radical (unpaired) electrons. The van der Waals surface area contributed by atoms with Crippen molar-refractivity contribution in [3.63, 3.8) is 0 Å². The number of hydrogen-bond acceptors (Lipinski definition) is 3. The number of carbonyl (C=O) groups is 1. The fourth-order valence-corrected chi connectivity index (χ4v) is 1.91. The van der Waals surface area contributed by atoms with Gasteiger partial charge in [-0.25, -0.2) is 13.1 Å². The van der Waals surface area contributed by atoms with Gasteiger partial charge in [0.05, 0.1) is 5.75 Å². The van der Waals surface area contributed by atoms with Crippen molar-refractivity contribution in [2.45, 2.75) is 39.2 Å². The Balaban J connectivity index is 3.76. The minimum absolute atomic E-state index is 0.0519. The summed E-state index contributed by atoms with van der Waals surface area (Å²) in [5.74, 6) is -0.799. The second kappa shape index (κ2) is 5.98. The van der Waals surface area contributed by atoms with Gasteiger partial charge in [-0.3, -0.25) is 4.79 Å². The van der Waals surface area contributed by atoms with Crippen molar-refractivity contribution in [1.82, 2.24) is 4.72 Å². The number of sulfonamides is 1. The van der Waals surface area contributed by atoms with E-state index < -0.39 is 16.0 Å². The van der Waals surface area contributed by atoms with Gasteiger partial charge in [-0.15, -0.1) is 0 Å². The molecule has 5 nitrogen and oxygen atoms in total. The summed E-state index contributed by atoms with van der Waals surface area (Å²) >= 11 is 0. The molecule has 0 aromatic carbocycles. The first-order valence-electron chi connectivity index (χ1n) is 4.59. The lowest BCUT2D eigenvalue weighted by Gasteiger charge is -2.12. The highest BCUT2D eigenvalue weighted by Gasteiger charge is 2.11. The van der Waals surface area contributed by atoms with E-state index >= 15 is 0 Å². The molecule has 0 aromatic rings. The molecule has 2 N–H and O–H groups in total. The molecule has 0 spiro atoms. The zero-order valence-electron chi connectivity index (χ0n) is 8.49. The lowest BCUT2D eigenvalue weighted by atomic mass is 10.1. The molecule has 1 atom stereocenters. The SMILES string of the molecule is CCS(=O)(=O)NC(C)CCCC(=O)O. The standard InChI is InChI=1S/C8H17NO4S/c1-3-14(12,13)9-7(2)5-4-6-8(10)11/h7,9H,3-6H2,1-2H3,(H,10,11). The van der Waals surface area contributed by atoms with Crippen LogP contribution in [0, 0.1) is 0 Å². The molecule has 0 fully saturated rings. The molecule has 0 aliphatic rings. The van der Waals surface area contributed by atoms with Crippen molar-refractivity contribution in [3.05, 3.63) is 0 Å². The highest BCUT2D eigenvalue weighted by atomic mass is 32.2. The zero-order valence-corrected chi connectivity index (χ0v) is 9.30. The molecule has 1 unspecified atom stereocenters. The average molecular weight is 223 g/mol. The van der Waals surface area contributed by atoms with Gasteiger partial charge >= 0.3 is 5.97 Å². The van der Waals surface area contributed by atoms with E-state index in [1.54, 1.807) is 13.8 Å². The summed E-state index contributed by atoms with van der Waals surface area (Å²) in [7, 11) is -3.17. The van der Waals surface area contributed by atoms with Crippen LogP contribution in [0.1, 0.15) is 33.1 Å². The highest BCUT2D eigenvalue weighted by molar-refractivity contribution is 7.89. The van der Waals surface area contributed by atoms with Gasteiger partial charge in [0.2, 0.25) is 10.0 Å². The predicted molar refractivity (Wildman–Crippen MR) is 53.5 cm³/mol. The molecular formula is C8H17NO4S. The van der Waals surface area contributed by atoms with E-state index in [1.807, 2.05) is 0 Å². The molecule has 14 heavy (non-hydrogen) atoms. The molecule has 0 aromatic heterocycles. The second-order valence-corrected chi connectivity index (χ2v) is 5.25. The van der Waals surface area contributed by atoms with Crippen molar-refractivity contribution in [2.75, 3.05) is 5.75 Å². The first kappa shape index (κ1) is 13.4. The minimum Gasteiger partial charge on any atom is -0.481 e. The van der Waals surface area contributed by atoms with Gasteiger partial charge in [-0.2, -0.15) is 0 Å². The number of carboxylic acid groups (broad SMARTS) is 1. The lowest BCUT2D eigenvalue weighted by molar-refractivity contribution is -0.137. The van der Waals surface area contributed by atoms with Crippen LogP contribution in [-0.2, 0) is 14.8 Å². The third-order valence-electron chi connectivity index (χ3n) is 1.79. The Morgan fingerprint density at radius 3 is 2.50 bits per heavy atom. The van der Waals surface area contributed by atoms with Crippen LogP contribution in [0.5, 0.6) is 0 Å². The third-order valence-corrected chi connectivity index (χ3v) is 3.31. The topological polar surface area (TPSA) is 83.5 Å². The Labute approximate surface area is 84.6 Å². The average Bonchev–Trinajstić information content (AvgIpc) is 2.02. The fourth-order valence-electron chi connectivity index (χ4n) is 1.01. The van der Waals surface area contributed by atoms with E-state index in [9.17, 15) is 13.2 Å². The van der Waals surface area contributed by atoms with Gasteiger partial charge in [0.15, 0.2) is 0 Å². The maximum Gasteiger partial charge on any atom is 0.303 e. The van der Waals surface area contributed by atoms with Crippen LogP contribution in [0.3, 0.4) is 0 Å². The second-order valence-electron chi connectivity index (χ2n) is 3.21. The first-order chi connectivity index (χ1) is 6.37. The number of aliphatic carboxylic acids is 1. The van der Waals surface area contributed by atoms with Crippen molar-refractivity contribution in [2.24, 2.45) is 0 Å². The number of hydrogen-bond donors (Lipinski definition) is 2. The van der Waals surface area contributed by atoms with Crippen molar-refractivity contribution >= 4 is 16.0 Å². The number of nitrogens with one attached hydrogen (secondary N) is 1. The van der Waals surface area contributed by atoms with Crippen LogP contribution < -0.4 is 4.72 Å². The normalized spacial score (nSPS) is 13.9. The van der Waals surface area contributed by atoms with Gasteiger partial charge in [0, 0.05) is 12.5 Å². The van der Waals surface area contributed by atoms with Gasteiger partial charge in [0.25, 0.3) is 0 Å². The van der Waals surface area contributed by atoms with Gasteiger partial charge < -0.3 is 5.11 Å². The summed E-state index contributed by atoms with van der Waals surface area (Å²) in [4.78, 5) is 10.2. The maximum atomic E-state index is 11.1. The quantitative estimate of drug-likeness (QED) is 0.661. The van der Waals surface area contributed by atoms with Gasteiger partial charge in [-0.05, 0) is 26.7 Å². The van der Waals surface area contributed by atoms with Gasteiger partial charge in [-0.1, -0.05) is 0 Å². The van der Waals surface area contributed by atoms with E-state index in [0.717, 1.165) is 0 Å². The summed E-state index contributed by atoms with van der Waals surface area (Å²) in [6, 6.07) is -0.195. The lowest BCUT2D eigenvalue weighted by Crippen LogP contribution is -2.33. The van der Waals surface area contributed by atoms with Gasteiger partial charge in [0.1, 0.15) is 0 Å². The molecule has 6 heteroatoms. The molecular weight excluding hydrogens is 206 g/mol. The minimum atomic E-state index is -3.17. The van der Waals surface area contributed by atoms with Crippen LogP contribution in [0.15, 0.2) is 0 Å². The van der Waals surface area contributed by atoms with Crippen LogP contribution >= 0.6 is 0 Å². The van der Waals surface area contributed by atoms with E-state index in [4.69, 9.17) is 5.11 Å². The maximum absolute atomic E-state index is 11.1. The molecule has 0 heterocycles. The van der Waals surface area contributed by atoms with Crippen LogP contribution in [0.4, 0.5) is 0 Å². The van der Waals surface area contributed by atoms with E-state index in [-0.39, 0.29) is 18.2 Å². The third kappa shape index (κ3) is 6.85. The van der Waals surface area contributed by atoms with Crippen LogP contribution in [0.2, 0.25) is 0 Å². The first-order valence-corrected chi connectivity index (χ1v) is 6.24. The van der Waals surface area contributed by atoms with Crippen molar-refractivity contribution < 1.29 is 18.3 Å². The monoisotopic (exact) mass is 223 g/mol. The molecule has 0 rings (SSSR count). The predicted octanol–water partition coefficient (Wildman–Crippen LogP) is 0.569. The number of carboxylic acids is 1. The Morgan fingerprint density at radius 1 is 1.50 bits per heavy atom. The summed E-state index contributed by atoms with van der Waals surface area (Å²) in [5, 5.41) is 8.37. The Morgan fingerprint density at radius 2 is 2.07 bits per heavy atom. The van der Waals surface area contributed by atoms with Crippen molar-refractivity contribution in [3.8, 4) is 0 Å². The Bertz CT molecular complexity index is 273. The summed E-state index contributed by atoms with van der Waals surface area (Å²) < 4.78 is 24.6. The molecule has 0 aliphatic carbocycles. The van der Waals surface area contributed by atoms with Crippen LogP contribution in [0.25, 0.3) is 0 Å². The van der Waals surface area contributed by atoms with E-state index in [1.165, 1.54) is 0 Å². The van der Waals surface area contributed by atoms with Crippen molar-refractivity contribution in [1.29, 1.82) is 0 Å². The smallest absolute Gasteiger partial charge is 0.303 e. The molecule has 0 bridgehead atoms. The largest absolute Gasteiger partial charge is 0.481 e. The molecule has 0 amide bonds. The van der Waals surface area contributed by atoms with E-state index in [0.29, 0.717) is 12.8 Å². The summed E-state index contributed by atoms with van der Waals surface area (Å²) in [6.45, 7) is 3.29. The number of rotatable bonds is 7. The summed E-state index contributed by atoms with van der Waals surface area (Å²) in [5.41, 5.74) is 0. The molecule has 0 saturated carbocycles. The Kier molecular flexibility index (Phi) is 5.71. The molecule has 84 valence electrons. The van der Waals surface area contributed by atoms with E-state index in [2.05, 4.69) is 4.72 Å².